The van der Waals surface area contributed by atoms with Crippen molar-refractivity contribution < 1.29 is 19.1 Å². The minimum absolute atomic E-state index is 0.000998. The molecule has 8 heteroatoms. The van der Waals surface area contributed by atoms with Crippen molar-refractivity contribution in [2.75, 3.05) is 13.1 Å². The van der Waals surface area contributed by atoms with Crippen LogP contribution in [-0.2, 0) is 17.9 Å². The van der Waals surface area contributed by atoms with Gasteiger partial charge in [0.15, 0.2) is 5.58 Å². The second-order valence-electron chi connectivity index (χ2n) is 7.01. The van der Waals surface area contributed by atoms with Crippen LogP contribution < -0.4 is 5.76 Å². The molecule has 0 spiro atoms. The van der Waals surface area contributed by atoms with Gasteiger partial charge in [-0.3, -0.25) is 14.3 Å². The molecule has 0 radical (unpaired) electrons. The smallest absolute Gasteiger partial charge is 0.419 e. The van der Waals surface area contributed by atoms with E-state index in [9.17, 15) is 19.5 Å². The molecule has 29 heavy (non-hydrogen) atoms. The van der Waals surface area contributed by atoms with Crippen LogP contribution >= 0.6 is 0 Å². The van der Waals surface area contributed by atoms with Gasteiger partial charge >= 0.3 is 11.8 Å². The third kappa shape index (κ3) is 3.73. The Balaban J connectivity index is 1.33. The molecule has 2 aromatic carbocycles. The Labute approximate surface area is 166 Å². The van der Waals surface area contributed by atoms with Crippen LogP contribution in [0.2, 0.25) is 0 Å². The number of carbonyl (C=O) groups is 2. The third-order valence-corrected chi connectivity index (χ3v) is 5.07. The van der Waals surface area contributed by atoms with Crippen molar-refractivity contribution >= 4 is 23.0 Å². The van der Waals surface area contributed by atoms with Gasteiger partial charge in [0.2, 0.25) is 5.91 Å². The van der Waals surface area contributed by atoms with Crippen LogP contribution in [0.1, 0.15) is 18.4 Å². The Morgan fingerprint density at radius 2 is 1.66 bits per heavy atom. The summed E-state index contributed by atoms with van der Waals surface area (Å²) in [4.78, 5) is 39.5. The van der Waals surface area contributed by atoms with E-state index in [1.165, 1.54) is 9.80 Å². The number of unbranched alkanes of at least 4 members (excludes halogenated alkanes) is 1. The number of imide groups is 1. The largest absolute Gasteiger partial charge is 0.508 e. The highest BCUT2D eigenvalue weighted by molar-refractivity contribution is 6.01. The van der Waals surface area contributed by atoms with Gasteiger partial charge in [-0.1, -0.05) is 30.3 Å². The summed E-state index contributed by atoms with van der Waals surface area (Å²) in [6.45, 7) is 0.927. The van der Waals surface area contributed by atoms with Crippen molar-refractivity contribution in [3.63, 3.8) is 0 Å². The average Bonchev–Trinajstić information content (AvgIpc) is 3.17. The first kappa shape index (κ1) is 18.8. The zero-order chi connectivity index (χ0) is 20.4. The molecule has 1 aliphatic rings. The van der Waals surface area contributed by atoms with Crippen molar-refractivity contribution in [2.45, 2.75) is 25.9 Å². The third-order valence-electron chi connectivity index (χ3n) is 5.07. The molecule has 0 saturated carbocycles. The number of aromatic nitrogens is 1. The molecule has 1 fully saturated rings. The number of fused-ring (bicyclic) bond motifs is 1. The van der Waals surface area contributed by atoms with Gasteiger partial charge in [-0.15, -0.1) is 0 Å². The fraction of sp³-hybridized carbons (Fsp3) is 0.286. The Kier molecular flexibility index (Phi) is 5.07. The van der Waals surface area contributed by atoms with E-state index in [2.05, 4.69) is 0 Å². The summed E-state index contributed by atoms with van der Waals surface area (Å²) in [5.74, 6) is -0.561. The van der Waals surface area contributed by atoms with E-state index >= 15 is 0 Å². The highest BCUT2D eigenvalue weighted by atomic mass is 16.4. The fourth-order valence-corrected chi connectivity index (χ4v) is 3.55. The van der Waals surface area contributed by atoms with Crippen molar-refractivity contribution in [1.29, 1.82) is 0 Å². The first-order chi connectivity index (χ1) is 14.0. The van der Waals surface area contributed by atoms with Crippen molar-refractivity contribution in [1.82, 2.24) is 14.4 Å². The summed E-state index contributed by atoms with van der Waals surface area (Å²) in [5, 5.41) is 9.88. The minimum atomic E-state index is -0.409. The maximum Gasteiger partial charge on any atom is 0.419 e. The molecule has 1 aromatic heterocycles. The quantitative estimate of drug-likeness (QED) is 0.490. The van der Waals surface area contributed by atoms with Gasteiger partial charge in [0.25, 0.3) is 0 Å². The Morgan fingerprint density at radius 1 is 0.931 bits per heavy atom. The molecule has 0 atom stereocenters. The van der Waals surface area contributed by atoms with Gasteiger partial charge in [-0.2, -0.15) is 0 Å². The van der Waals surface area contributed by atoms with Gasteiger partial charge in [-0.25, -0.2) is 9.59 Å². The van der Waals surface area contributed by atoms with Crippen LogP contribution in [0, 0.1) is 0 Å². The lowest BCUT2D eigenvalue weighted by Crippen LogP contribution is -2.33. The highest BCUT2D eigenvalue weighted by Gasteiger charge is 2.35. The number of urea groups is 1. The summed E-state index contributed by atoms with van der Waals surface area (Å²) in [5.41, 5.74) is 1.88. The number of phenols is 1. The van der Waals surface area contributed by atoms with Crippen LogP contribution in [0.25, 0.3) is 11.1 Å². The zero-order valence-corrected chi connectivity index (χ0v) is 15.8. The number of amides is 3. The van der Waals surface area contributed by atoms with Crippen LogP contribution in [0.15, 0.2) is 57.7 Å². The Hall–Kier alpha value is -3.55. The van der Waals surface area contributed by atoms with E-state index in [0.29, 0.717) is 37.1 Å². The van der Waals surface area contributed by atoms with Gasteiger partial charge in [-0.05, 0) is 31.0 Å². The van der Waals surface area contributed by atoms with E-state index in [0.717, 1.165) is 5.52 Å². The first-order valence-electron chi connectivity index (χ1n) is 9.49. The van der Waals surface area contributed by atoms with Crippen LogP contribution in [-0.4, -0.2) is 44.5 Å². The number of aromatic hydroxyl groups is 1. The van der Waals surface area contributed by atoms with Crippen LogP contribution in [0.4, 0.5) is 4.79 Å². The molecule has 1 aliphatic heterocycles. The number of hydrogen-bond acceptors (Lipinski definition) is 5. The lowest BCUT2D eigenvalue weighted by atomic mass is 10.2. The molecule has 0 aliphatic carbocycles. The van der Waals surface area contributed by atoms with E-state index in [1.54, 1.807) is 41.0 Å². The molecule has 150 valence electrons. The van der Waals surface area contributed by atoms with E-state index < -0.39 is 5.76 Å². The zero-order valence-electron chi connectivity index (χ0n) is 15.8. The molecular formula is C21H21N3O5. The molecule has 3 aromatic rings. The number of aryl methyl sites for hydroxylation is 1. The topological polar surface area (TPSA) is 96.0 Å². The summed E-state index contributed by atoms with van der Waals surface area (Å²) in [7, 11) is 0. The second kappa shape index (κ2) is 7.83. The SMILES string of the molecule is O=C1CN(Cc2ccccc2O)C(=O)N1CCCCn1c(=O)oc2ccccc21. The number of carbonyl (C=O) groups excluding carboxylic acids is 2. The van der Waals surface area contributed by atoms with Crippen molar-refractivity contribution in [3.8, 4) is 5.75 Å². The van der Waals surface area contributed by atoms with Crippen molar-refractivity contribution in [2.24, 2.45) is 0 Å². The predicted octanol–water partition coefficient (Wildman–Crippen LogP) is 2.54. The Morgan fingerprint density at radius 3 is 2.48 bits per heavy atom. The molecule has 1 N–H and O–H groups in total. The highest BCUT2D eigenvalue weighted by Crippen LogP contribution is 2.21. The number of oxazole rings is 1. The molecule has 2 heterocycles. The van der Waals surface area contributed by atoms with Crippen LogP contribution in [0.3, 0.4) is 0 Å². The van der Waals surface area contributed by atoms with Gasteiger partial charge < -0.3 is 14.4 Å². The van der Waals surface area contributed by atoms with Gasteiger partial charge in [0, 0.05) is 18.7 Å². The number of para-hydroxylation sites is 3. The molecule has 0 unspecified atom stereocenters. The average molecular weight is 395 g/mol. The molecule has 4 rings (SSSR count). The standard InChI is InChI=1S/C21H21N3O5/c25-17-9-3-1-7-15(17)13-22-14-19(26)24(20(22)27)12-6-5-11-23-16-8-2-4-10-18(16)29-21(23)28/h1-4,7-10,25H,5-6,11-14H2. The predicted molar refractivity (Wildman–Crippen MR) is 105 cm³/mol. The first-order valence-corrected chi connectivity index (χ1v) is 9.49. The summed E-state index contributed by atoms with van der Waals surface area (Å²) < 4.78 is 6.77. The van der Waals surface area contributed by atoms with E-state index in [1.807, 2.05) is 12.1 Å². The maximum absolute atomic E-state index is 12.6. The molecule has 0 bridgehead atoms. The number of benzene rings is 2. The van der Waals surface area contributed by atoms with Gasteiger partial charge in [0.05, 0.1) is 12.1 Å². The molecule has 8 nitrogen and oxygen atoms in total. The van der Waals surface area contributed by atoms with Gasteiger partial charge in [0.1, 0.15) is 12.3 Å². The maximum atomic E-state index is 12.6. The Bertz CT molecular complexity index is 1120. The fourth-order valence-electron chi connectivity index (χ4n) is 3.55. The number of nitrogens with zero attached hydrogens (tertiary/aromatic N) is 3. The second-order valence-corrected chi connectivity index (χ2v) is 7.01. The lowest BCUT2D eigenvalue weighted by Gasteiger charge is -2.17. The van der Waals surface area contributed by atoms with Crippen molar-refractivity contribution in [3.05, 3.63) is 64.6 Å². The summed E-state index contributed by atoms with van der Waals surface area (Å²) in [6, 6.07) is 13.6. The number of rotatable bonds is 7. The molecule has 1 saturated heterocycles. The molecular weight excluding hydrogens is 374 g/mol. The summed E-state index contributed by atoms with van der Waals surface area (Å²) >= 11 is 0. The summed E-state index contributed by atoms with van der Waals surface area (Å²) in [6.07, 6.45) is 1.20. The number of phenolic OH excluding ortho intramolecular Hbond substituents is 1. The number of hydrogen-bond donors (Lipinski definition) is 1. The van der Waals surface area contributed by atoms with Crippen LogP contribution in [0.5, 0.6) is 5.75 Å². The normalized spacial score (nSPS) is 14.3. The molecule has 3 amide bonds. The lowest BCUT2D eigenvalue weighted by molar-refractivity contribution is -0.125. The minimum Gasteiger partial charge on any atom is -0.508 e. The monoisotopic (exact) mass is 395 g/mol. The van der Waals surface area contributed by atoms with E-state index in [4.69, 9.17) is 4.42 Å². The van der Waals surface area contributed by atoms with E-state index in [-0.39, 0.29) is 30.8 Å².